The molecule has 2 heterocycles. The number of aromatic amines is 1. The average molecular weight is 339 g/mol. The molecule has 2 aromatic carbocycles. The largest absolute Gasteiger partial charge is 0.491 e. The Labute approximate surface area is 144 Å². The van der Waals surface area contributed by atoms with Crippen LogP contribution in [0.25, 0.3) is 22.0 Å². The minimum atomic E-state index is -0.301. The Morgan fingerprint density at radius 3 is 3.08 bits per heavy atom. The van der Waals surface area contributed by atoms with Gasteiger partial charge in [0.15, 0.2) is 0 Å². The first kappa shape index (κ1) is 15.6. The molecule has 3 aromatic rings. The van der Waals surface area contributed by atoms with Crippen LogP contribution >= 0.6 is 0 Å². The van der Waals surface area contributed by atoms with E-state index in [0.29, 0.717) is 31.7 Å². The number of ether oxygens (including phenoxy) is 1. The maximum absolute atomic E-state index is 14.5. The number of hydrogen-bond acceptors (Lipinski definition) is 3. The highest BCUT2D eigenvalue weighted by molar-refractivity contribution is 5.94. The second-order valence-electron chi connectivity index (χ2n) is 6.09. The summed E-state index contributed by atoms with van der Waals surface area (Å²) >= 11 is 0. The van der Waals surface area contributed by atoms with E-state index < -0.39 is 0 Å². The SMILES string of the molecule is CCC(=O)N1CCOc2ccc(-c3c(F)ccc4[nH]ncc34)cc2C1. The quantitative estimate of drug-likeness (QED) is 0.777. The predicted molar refractivity (Wildman–Crippen MR) is 92.7 cm³/mol. The molecule has 0 aliphatic carbocycles. The topological polar surface area (TPSA) is 58.2 Å². The van der Waals surface area contributed by atoms with Crippen molar-refractivity contribution in [2.45, 2.75) is 19.9 Å². The lowest BCUT2D eigenvalue weighted by Gasteiger charge is -2.19. The van der Waals surface area contributed by atoms with Crippen LogP contribution in [0.15, 0.2) is 36.5 Å². The van der Waals surface area contributed by atoms with E-state index in [1.807, 2.05) is 25.1 Å². The molecular weight excluding hydrogens is 321 g/mol. The van der Waals surface area contributed by atoms with Crippen LogP contribution in [0.5, 0.6) is 5.75 Å². The van der Waals surface area contributed by atoms with E-state index in [2.05, 4.69) is 10.2 Å². The zero-order chi connectivity index (χ0) is 17.4. The number of carbonyl (C=O) groups excluding carboxylic acids is 1. The molecule has 1 aliphatic rings. The van der Waals surface area contributed by atoms with E-state index in [1.165, 1.54) is 6.07 Å². The smallest absolute Gasteiger partial charge is 0.222 e. The van der Waals surface area contributed by atoms with Gasteiger partial charge in [0.05, 0.1) is 18.3 Å². The number of amides is 1. The molecule has 1 aliphatic heterocycles. The zero-order valence-electron chi connectivity index (χ0n) is 13.9. The van der Waals surface area contributed by atoms with E-state index in [0.717, 1.165) is 27.8 Å². The molecule has 0 unspecified atom stereocenters. The molecule has 6 heteroatoms. The number of fused-ring (bicyclic) bond motifs is 2. The normalized spacial score (nSPS) is 14.1. The van der Waals surface area contributed by atoms with E-state index in [4.69, 9.17) is 4.74 Å². The van der Waals surface area contributed by atoms with Crippen LogP contribution in [0, 0.1) is 5.82 Å². The first-order valence-corrected chi connectivity index (χ1v) is 8.33. The van der Waals surface area contributed by atoms with Crippen LogP contribution in [0.4, 0.5) is 4.39 Å². The van der Waals surface area contributed by atoms with Gasteiger partial charge in [0.25, 0.3) is 0 Å². The lowest BCUT2D eigenvalue weighted by molar-refractivity contribution is -0.131. The molecule has 25 heavy (non-hydrogen) atoms. The molecular formula is C19H18FN3O2. The Hall–Kier alpha value is -2.89. The highest BCUT2D eigenvalue weighted by atomic mass is 19.1. The van der Waals surface area contributed by atoms with Crippen molar-refractivity contribution in [3.8, 4) is 16.9 Å². The molecule has 0 atom stereocenters. The molecule has 0 fully saturated rings. The second kappa shape index (κ2) is 6.20. The first-order chi connectivity index (χ1) is 12.2. The van der Waals surface area contributed by atoms with Gasteiger partial charge in [0, 0.05) is 29.5 Å². The van der Waals surface area contributed by atoms with Crippen molar-refractivity contribution >= 4 is 16.8 Å². The lowest BCUT2D eigenvalue weighted by Crippen LogP contribution is -2.31. The number of hydrogen-bond donors (Lipinski definition) is 1. The van der Waals surface area contributed by atoms with Gasteiger partial charge in [-0.05, 0) is 29.8 Å². The number of aromatic nitrogens is 2. The van der Waals surface area contributed by atoms with Crippen LogP contribution in [-0.2, 0) is 11.3 Å². The summed E-state index contributed by atoms with van der Waals surface area (Å²) < 4.78 is 20.3. The predicted octanol–water partition coefficient (Wildman–Crippen LogP) is 3.50. The van der Waals surface area contributed by atoms with Crippen LogP contribution in [0.3, 0.4) is 0 Å². The number of benzene rings is 2. The molecule has 5 nitrogen and oxygen atoms in total. The van der Waals surface area contributed by atoms with Crippen LogP contribution < -0.4 is 4.74 Å². The minimum Gasteiger partial charge on any atom is -0.491 e. The number of halogens is 1. The molecule has 128 valence electrons. The lowest BCUT2D eigenvalue weighted by atomic mass is 9.98. The Kier molecular flexibility index (Phi) is 3.87. The van der Waals surface area contributed by atoms with Gasteiger partial charge in [0.2, 0.25) is 5.91 Å². The molecule has 1 N–H and O–H groups in total. The number of rotatable bonds is 2. The van der Waals surface area contributed by atoms with Crippen molar-refractivity contribution in [3.63, 3.8) is 0 Å². The highest BCUT2D eigenvalue weighted by Crippen LogP contribution is 2.34. The molecule has 0 saturated heterocycles. The number of nitrogens with one attached hydrogen (secondary N) is 1. The summed E-state index contributed by atoms with van der Waals surface area (Å²) in [7, 11) is 0. The number of H-pyrrole nitrogens is 1. The summed E-state index contributed by atoms with van der Waals surface area (Å²) in [6.07, 6.45) is 2.08. The Balaban J connectivity index is 1.80. The van der Waals surface area contributed by atoms with Gasteiger partial charge in [0.1, 0.15) is 18.2 Å². The fraction of sp³-hybridized carbons (Fsp3) is 0.263. The fourth-order valence-electron chi connectivity index (χ4n) is 3.27. The third kappa shape index (κ3) is 2.73. The second-order valence-corrected chi connectivity index (χ2v) is 6.09. The highest BCUT2D eigenvalue weighted by Gasteiger charge is 2.20. The summed E-state index contributed by atoms with van der Waals surface area (Å²) in [4.78, 5) is 13.9. The fourth-order valence-corrected chi connectivity index (χ4v) is 3.27. The van der Waals surface area contributed by atoms with Crippen molar-refractivity contribution < 1.29 is 13.9 Å². The minimum absolute atomic E-state index is 0.0879. The molecule has 0 radical (unpaired) electrons. The van der Waals surface area contributed by atoms with Crippen molar-refractivity contribution in [3.05, 3.63) is 47.9 Å². The monoisotopic (exact) mass is 339 g/mol. The van der Waals surface area contributed by atoms with Gasteiger partial charge < -0.3 is 9.64 Å². The van der Waals surface area contributed by atoms with Gasteiger partial charge in [-0.25, -0.2) is 4.39 Å². The van der Waals surface area contributed by atoms with Crippen LogP contribution in [-0.4, -0.2) is 34.2 Å². The summed E-state index contributed by atoms with van der Waals surface area (Å²) in [5.74, 6) is 0.532. The summed E-state index contributed by atoms with van der Waals surface area (Å²) in [6, 6.07) is 8.71. The molecule has 1 aromatic heterocycles. The molecule has 0 saturated carbocycles. The molecule has 1 amide bonds. The summed E-state index contributed by atoms with van der Waals surface area (Å²) in [5.41, 5.74) is 2.92. The maximum Gasteiger partial charge on any atom is 0.222 e. The number of carbonyl (C=O) groups is 1. The van der Waals surface area contributed by atoms with Gasteiger partial charge in [-0.15, -0.1) is 0 Å². The Morgan fingerprint density at radius 1 is 1.36 bits per heavy atom. The van der Waals surface area contributed by atoms with Crippen molar-refractivity contribution in [2.24, 2.45) is 0 Å². The van der Waals surface area contributed by atoms with E-state index in [9.17, 15) is 9.18 Å². The third-order valence-corrected chi connectivity index (χ3v) is 4.56. The summed E-state index contributed by atoms with van der Waals surface area (Å²) in [5, 5.41) is 7.61. The van der Waals surface area contributed by atoms with Crippen molar-refractivity contribution in [2.75, 3.05) is 13.2 Å². The van der Waals surface area contributed by atoms with E-state index in [-0.39, 0.29) is 11.7 Å². The average Bonchev–Trinajstić information content (AvgIpc) is 2.99. The maximum atomic E-state index is 14.5. The van der Waals surface area contributed by atoms with Crippen molar-refractivity contribution in [1.29, 1.82) is 0 Å². The van der Waals surface area contributed by atoms with Crippen molar-refractivity contribution in [1.82, 2.24) is 15.1 Å². The van der Waals surface area contributed by atoms with Crippen LogP contribution in [0.2, 0.25) is 0 Å². The molecule has 4 rings (SSSR count). The van der Waals surface area contributed by atoms with Gasteiger partial charge >= 0.3 is 0 Å². The zero-order valence-corrected chi connectivity index (χ0v) is 13.9. The van der Waals surface area contributed by atoms with E-state index >= 15 is 0 Å². The molecule has 0 bridgehead atoms. The number of nitrogens with zero attached hydrogens (tertiary/aromatic N) is 2. The van der Waals surface area contributed by atoms with Crippen LogP contribution in [0.1, 0.15) is 18.9 Å². The standard InChI is InChI=1S/C19H18FN3O2/c1-2-18(24)23-7-8-25-17-6-3-12(9-13(17)11-23)19-14-10-21-22-16(14)5-4-15(19)20/h3-6,9-10H,2,7-8,11H2,1H3,(H,21,22). The first-order valence-electron chi connectivity index (χ1n) is 8.33. The Bertz CT molecular complexity index is 951. The van der Waals surface area contributed by atoms with Gasteiger partial charge in [-0.3, -0.25) is 9.89 Å². The third-order valence-electron chi connectivity index (χ3n) is 4.56. The Morgan fingerprint density at radius 2 is 2.24 bits per heavy atom. The van der Waals surface area contributed by atoms with Gasteiger partial charge in [-0.2, -0.15) is 5.10 Å². The van der Waals surface area contributed by atoms with E-state index in [1.54, 1.807) is 17.2 Å². The van der Waals surface area contributed by atoms with Gasteiger partial charge in [-0.1, -0.05) is 13.0 Å². The summed E-state index contributed by atoms with van der Waals surface area (Å²) in [6.45, 7) is 3.34. The molecule has 0 spiro atoms.